The number of ether oxygens (including phenoxy) is 3. The van der Waals surface area contributed by atoms with Gasteiger partial charge in [0.25, 0.3) is 6.23 Å². The Labute approximate surface area is 249 Å². The molecular weight excluding hydrogens is 552 g/mol. The van der Waals surface area contributed by atoms with Gasteiger partial charge in [0.15, 0.2) is 5.78 Å². The van der Waals surface area contributed by atoms with Crippen LogP contribution in [0.3, 0.4) is 0 Å². The van der Waals surface area contributed by atoms with Crippen molar-refractivity contribution in [2.75, 3.05) is 44.8 Å². The number of hydrogen-bond acceptors (Lipinski definition) is 11. The maximum absolute atomic E-state index is 13.8. The molecule has 2 aliphatic rings. The van der Waals surface area contributed by atoms with E-state index in [1.165, 1.54) is 16.9 Å². The monoisotopic (exact) mass is 584 g/mol. The summed E-state index contributed by atoms with van der Waals surface area (Å²) in [5.41, 5.74) is 2.50. The van der Waals surface area contributed by atoms with Crippen LogP contribution in [0, 0.1) is 0 Å². The molecule has 2 unspecified atom stereocenters. The number of likely N-dealkylation sites (N-methyl/N-ethyl adjacent to an activating group) is 1. The number of esters is 1. The van der Waals surface area contributed by atoms with Crippen LogP contribution in [-0.2, 0) is 25.6 Å². The van der Waals surface area contributed by atoms with E-state index >= 15 is 0 Å². The second-order valence-corrected chi connectivity index (χ2v) is 9.97. The number of methoxy groups -OCH3 is 2. The van der Waals surface area contributed by atoms with Crippen molar-refractivity contribution in [3.8, 4) is 5.75 Å². The molecule has 2 atom stereocenters. The second kappa shape index (κ2) is 12.8. The molecule has 222 valence electrons. The SMILES string of the molecule is COC(=O)C(OC(=O)N(c1ccccc1)c1ncc2c(n1)N(C1C=CC=C(c3ccc(OC)cc3)C1=O)CNC2)N(C)C. The van der Waals surface area contributed by atoms with E-state index in [2.05, 4.69) is 10.3 Å². The van der Waals surface area contributed by atoms with Crippen LogP contribution in [0.1, 0.15) is 11.1 Å². The van der Waals surface area contributed by atoms with Crippen LogP contribution in [0.5, 0.6) is 5.75 Å². The van der Waals surface area contributed by atoms with Crippen LogP contribution in [0.25, 0.3) is 5.57 Å². The lowest BCUT2D eigenvalue weighted by Crippen LogP contribution is -2.49. The van der Waals surface area contributed by atoms with Gasteiger partial charge in [-0.1, -0.05) is 48.6 Å². The molecule has 12 heteroatoms. The third-order valence-electron chi connectivity index (χ3n) is 7.01. The number of para-hydroxylation sites is 1. The van der Waals surface area contributed by atoms with E-state index < -0.39 is 24.3 Å². The number of nitrogens with one attached hydrogen (secondary N) is 1. The molecule has 0 radical (unpaired) electrons. The van der Waals surface area contributed by atoms with Crippen molar-refractivity contribution in [3.63, 3.8) is 0 Å². The Bertz CT molecular complexity index is 1560. The minimum atomic E-state index is -1.30. The summed E-state index contributed by atoms with van der Waals surface area (Å²) < 4.78 is 15.6. The average molecular weight is 585 g/mol. The molecule has 2 aromatic carbocycles. The Morgan fingerprint density at radius 1 is 1.07 bits per heavy atom. The van der Waals surface area contributed by atoms with Crippen molar-refractivity contribution in [3.05, 3.63) is 90.1 Å². The van der Waals surface area contributed by atoms with Gasteiger partial charge < -0.3 is 19.1 Å². The van der Waals surface area contributed by atoms with Gasteiger partial charge in [-0.05, 0) is 43.9 Å². The Morgan fingerprint density at radius 3 is 2.49 bits per heavy atom. The molecule has 3 aromatic rings. The first kappa shape index (κ1) is 29.4. The molecule has 1 N–H and O–H groups in total. The Kier molecular flexibility index (Phi) is 8.79. The second-order valence-electron chi connectivity index (χ2n) is 9.97. The van der Waals surface area contributed by atoms with Gasteiger partial charge in [-0.2, -0.15) is 4.98 Å². The summed E-state index contributed by atoms with van der Waals surface area (Å²) in [5, 5.41) is 3.30. The van der Waals surface area contributed by atoms with Crippen LogP contribution in [-0.4, -0.2) is 80.0 Å². The number of anilines is 3. The minimum Gasteiger partial charge on any atom is -0.497 e. The number of aromatic nitrogens is 2. The van der Waals surface area contributed by atoms with Crippen LogP contribution < -0.4 is 19.9 Å². The lowest BCUT2D eigenvalue weighted by atomic mass is 9.92. The average Bonchev–Trinajstić information content (AvgIpc) is 3.03. The zero-order chi connectivity index (χ0) is 30.5. The minimum absolute atomic E-state index is 0.0161. The van der Waals surface area contributed by atoms with Gasteiger partial charge >= 0.3 is 12.1 Å². The summed E-state index contributed by atoms with van der Waals surface area (Å²) >= 11 is 0. The van der Waals surface area contributed by atoms with Crippen LogP contribution in [0.2, 0.25) is 0 Å². The summed E-state index contributed by atoms with van der Waals surface area (Å²) in [4.78, 5) is 53.5. The van der Waals surface area contributed by atoms with Crippen molar-refractivity contribution >= 4 is 40.9 Å². The molecule has 1 aromatic heterocycles. The number of benzene rings is 2. The number of Topliss-reactive ketones (excluding diaryl/α,β-unsaturated/α-hetero) is 1. The summed E-state index contributed by atoms with van der Waals surface area (Å²) in [6.07, 6.45) is 4.89. The molecule has 12 nitrogen and oxygen atoms in total. The Balaban J connectivity index is 1.49. The molecule has 0 fully saturated rings. The van der Waals surface area contributed by atoms with Crippen LogP contribution in [0.4, 0.5) is 22.2 Å². The fraction of sp³-hybridized carbons (Fsp3) is 0.258. The summed E-state index contributed by atoms with van der Waals surface area (Å²) in [7, 11) is 5.98. The largest absolute Gasteiger partial charge is 0.497 e. The molecule has 5 rings (SSSR count). The molecule has 43 heavy (non-hydrogen) atoms. The molecule has 0 spiro atoms. The molecule has 0 saturated heterocycles. The number of fused-ring (bicyclic) bond motifs is 1. The number of nitrogens with zero attached hydrogens (tertiary/aromatic N) is 5. The van der Waals surface area contributed by atoms with E-state index in [-0.39, 0.29) is 11.7 Å². The molecule has 0 saturated carbocycles. The predicted molar refractivity (Wildman–Crippen MR) is 160 cm³/mol. The van der Waals surface area contributed by atoms with Crippen LogP contribution in [0.15, 0.2) is 79.0 Å². The first-order chi connectivity index (χ1) is 20.8. The third-order valence-corrected chi connectivity index (χ3v) is 7.01. The van der Waals surface area contributed by atoms with Crippen molar-refractivity contribution in [1.29, 1.82) is 0 Å². The van der Waals surface area contributed by atoms with Gasteiger partial charge in [0.2, 0.25) is 5.95 Å². The number of carbonyl (C=O) groups excluding carboxylic acids is 3. The predicted octanol–water partition coefficient (Wildman–Crippen LogP) is 3.28. The molecule has 0 bridgehead atoms. The Morgan fingerprint density at radius 2 is 1.81 bits per heavy atom. The number of hydrogen-bond donors (Lipinski definition) is 1. The topological polar surface area (TPSA) is 126 Å². The van der Waals surface area contributed by atoms with E-state index in [1.807, 2.05) is 41.3 Å². The van der Waals surface area contributed by atoms with Gasteiger partial charge in [0.05, 0.1) is 26.6 Å². The molecule has 2 heterocycles. The molecule has 1 aliphatic heterocycles. The summed E-state index contributed by atoms with van der Waals surface area (Å²) in [6.45, 7) is 0.805. The smallest absolute Gasteiger partial charge is 0.423 e. The number of carbonyl (C=O) groups is 3. The van der Waals surface area contributed by atoms with Gasteiger partial charge in [-0.3, -0.25) is 15.0 Å². The Hall–Kier alpha value is -5.07. The summed E-state index contributed by atoms with van der Waals surface area (Å²) in [6, 6.07) is 15.4. The normalized spacial score (nSPS) is 16.7. The van der Waals surface area contributed by atoms with E-state index in [4.69, 9.17) is 19.2 Å². The highest BCUT2D eigenvalue weighted by molar-refractivity contribution is 6.26. The fourth-order valence-corrected chi connectivity index (χ4v) is 4.82. The number of ketones is 1. The molecule has 1 amide bonds. The van der Waals surface area contributed by atoms with Crippen molar-refractivity contribution in [1.82, 2.24) is 20.2 Å². The van der Waals surface area contributed by atoms with Gasteiger partial charge in [0.1, 0.15) is 17.6 Å². The van der Waals surface area contributed by atoms with E-state index in [0.29, 0.717) is 36.0 Å². The lowest BCUT2D eigenvalue weighted by Gasteiger charge is -2.36. The number of rotatable bonds is 8. The van der Waals surface area contributed by atoms with Crippen molar-refractivity contribution in [2.24, 2.45) is 0 Å². The maximum Gasteiger partial charge on any atom is 0.423 e. The van der Waals surface area contributed by atoms with Crippen molar-refractivity contribution in [2.45, 2.75) is 18.8 Å². The molecular formula is C31H32N6O6. The highest BCUT2D eigenvalue weighted by Crippen LogP contribution is 2.32. The first-order valence-electron chi connectivity index (χ1n) is 13.5. The quantitative estimate of drug-likeness (QED) is 0.310. The summed E-state index contributed by atoms with van der Waals surface area (Å²) in [5.74, 6) is 0.367. The van der Waals surface area contributed by atoms with Gasteiger partial charge in [-0.15, -0.1) is 0 Å². The zero-order valence-corrected chi connectivity index (χ0v) is 24.3. The highest BCUT2D eigenvalue weighted by Gasteiger charge is 2.35. The number of allylic oxidation sites excluding steroid dienone is 2. The highest BCUT2D eigenvalue weighted by atomic mass is 16.6. The lowest BCUT2D eigenvalue weighted by molar-refractivity contribution is -0.158. The maximum atomic E-state index is 13.8. The van der Waals surface area contributed by atoms with Gasteiger partial charge in [-0.25, -0.2) is 19.5 Å². The van der Waals surface area contributed by atoms with E-state index in [1.54, 1.807) is 63.8 Å². The fourth-order valence-electron chi connectivity index (χ4n) is 4.82. The first-order valence-corrected chi connectivity index (χ1v) is 13.5. The standard InChI is InChI=1S/C31H32N6O6/c1-35(2)28(29(39)42-4)43-31(40)37(22-9-6-5-7-10-22)30-33-18-21-17-32-19-36(27(21)34-30)25-12-8-11-24(26(25)38)20-13-15-23(41-3)16-14-20/h5-16,18,25,28,32H,17,19H2,1-4H3. The van der Waals surface area contributed by atoms with E-state index in [9.17, 15) is 14.4 Å². The third kappa shape index (κ3) is 6.10. The van der Waals surface area contributed by atoms with E-state index in [0.717, 1.165) is 11.1 Å². The van der Waals surface area contributed by atoms with Gasteiger partial charge in [0, 0.05) is 23.9 Å². The zero-order valence-electron chi connectivity index (χ0n) is 24.3. The van der Waals surface area contributed by atoms with Crippen molar-refractivity contribution < 1.29 is 28.6 Å². The van der Waals surface area contributed by atoms with Crippen LogP contribution >= 0.6 is 0 Å². The number of amides is 1. The molecule has 1 aliphatic carbocycles.